The number of aryl methyl sites for hydroxylation is 2. The van der Waals surface area contributed by atoms with Crippen LogP contribution in [0.15, 0.2) is 48.5 Å². The first-order valence-corrected chi connectivity index (χ1v) is 5.96. The zero-order valence-electron chi connectivity index (χ0n) is 10.0. The number of hydrogen-bond donors (Lipinski definition) is 0. The second kappa shape index (κ2) is 4.98. The highest BCUT2D eigenvalue weighted by atomic mass is 14.1. The van der Waals surface area contributed by atoms with E-state index in [1.807, 2.05) is 0 Å². The Morgan fingerprint density at radius 2 is 1.69 bits per heavy atom. The van der Waals surface area contributed by atoms with Crippen molar-refractivity contribution in [3.8, 4) is 11.1 Å². The zero-order valence-corrected chi connectivity index (χ0v) is 10.0. The first-order chi connectivity index (χ1) is 7.81. The van der Waals surface area contributed by atoms with Crippen molar-refractivity contribution in [2.24, 2.45) is 0 Å². The van der Waals surface area contributed by atoms with E-state index in [2.05, 4.69) is 62.4 Å². The average Bonchev–Trinajstić information content (AvgIpc) is 2.33. The Morgan fingerprint density at radius 3 is 2.38 bits per heavy atom. The van der Waals surface area contributed by atoms with Gasteiger partial charge in [0.2, 0.25) is 0 Å². The summed E-state index contributed by atoms with van der Waals surface area (Å²) in [5.74, 6) is 0. The van der Waals surface area contributed by atoms with Crippen LogP contribution < -0.4 is 0 Å². The topological polar surface area (TPSA) is 0 Å². The third-order valence-electron chi connectivity index (χ3n) is 2.93. The van der Waals surface area contributed by atoms with Crippen LogP contribution in [-0.4, -0.2) is 0 Å². The molecule has 0 nitrogen and oxygen atoms in total. The highest BCUT2D eigenvalue weighted by Crippen LogP contribution is 2.24. The van der Waals surface area contributed by atoms with Crippen molar-refractivity contribution in [2.75, 3.05) is 0 Å². The van der Waals surface area contributed by atoms with Crippen molar-refractivity contribution in [1.82, 2.24) is 0 Å². The maximum atomic E-state index is 2.33. The van der Waals surface area contributed by atoms with E-state index < -0.39 is 0 Å². The Morgan fingerprint density at radius 1 is 0.938 bits per heavy atom. The lowest BCUT2D eigenvalue weighted by Crippen LogP contribution is -1.88. The summed E-state index contributed by atoms with van der Waals surface area (Å²) in [7, 11) is 0. The fourth-order valence-electron chi connectivity index (χ4n) is 2.04. The molecule has 0 aromatic heterocycles. The van der Waals surface area contributed by atoms with Crippen LogP contribution in [0.5, 0.6) is 0 Å². The summed E-state index contributed by atoms with van der Waals surface area (Å²) in [6.07, 6.45) is 2.37. The Hall–Kier alpha value is -1.56. The monoisotopic (exact) mass is 210 g/mol. The van der Waals surface area contributed by atoms with Gasteiger partial charge in [0.1, 0.15) is 0 Å². The molecule has 0 fully saturated rings. The number of rotatable bonds is 3. The molecule has 2 rings (SSSR count). The predicted molar refractivity (Wildman–Crippen MR) is 70.6 cm³/mol. The minimum Gasteiger partial charge on any atom is -0.0651 e. The van der Waals surface area contributed by atoms with Crippen molar-refractivity contribution in [2.45, 2.75) is 26.7 Å². The summed E-state index contributed by atoms with van der Waals surface area (Å²) in [4.78, 5) is 0. The van der Waals surface area contributed by atoms with Crippen LogP contribution in [0.2, 0.25) is 0 Å². The summed E-state index contributed by atoms with van der Waals surface area (Å²) in [6.45, 7) is 4.40. The smallest absolute Gasteiger partial charge is 0.0152 e. The molecule has 0 aliphatic carbocycles. The Balaban J connectivity index is 2.43. The molecule has 0 bridgehead atoms. The first-order valence-electron chi connectivity index (χ1n) is 5.96. The molecule has 0 N–H and O–H groups in total. The molecule has 0 radical (unpaired) electrons. The average molecular weight is 210 g/mol. The van der Waals surface area contributed by atoms with E-state index in [-0.39, 0.29) is 0 Å². The number of hydrogen-bond acceptors (Lipinski definition) is 0. The third-order valence-corrected chi connectivity index (χ3v) is 2.93. The van der Waals surface area contributed by atoms with Crippen LogP contribution in [0.3, 0.4) is 0 Å². The lowest BCUT2D eigenvalue weighted by molar-refractivity contribution is 0.921. The molecule has 0 amide bonds. The van der Waals surface area contributed by atoms with Crippen LogP contribution in [0.4, 0.5) is 0 Å². The van der Waals surface area contributed by atoms with Crippen molar-refractivity contribution in [3.05, 3.63) is 59.7 Å². The fraction of sp³-hybridized carbons (Fsp3) is 0.250. The predicted octanol–water partition coefficient (Wildman–Crippen LogP) is 4.61. The normalized spacial score (nSPS) is 10.4. The van der Waals surface area contributed by atoms with E-state index in [1.54, 1.807) is 0 Å². The van der Waals surface area contributed by atoms with Crippen LogP contribution in [0.1, 0.15) is 24.5 Å². The molecular weight excluding hydrogens is 192 g/mol. The zero-order chi connectivity index (χ0) is 11.4. The van der Waals surface area contributed by atoms with E-state index in [4.69, 9.17) is 0 Å². The summed E-state index contributed by atoms with van der Waals surface area (Å²) in [5, 5.41) is 0. The summed E-state index contributed by atoms with van der Waals surface area (Å²) in [6, 6.07) is 17.4. The van der Waals surface area contributed by atoms with Crippen LogP contribution in [-0.2, 0) is 6.42 Å². The minimum absolute atomic E-state index is 1.17. The summed E-state index contributed by atoms with van der Waals surface area (Å²) in [5.41, 5.74) is 5.47. The van der Waals surface area contributed by atoms with E-state index in [1.165, 1.54) is 35.1 Å². The lowest BCUT2D eigenvalue weighted by atomic mass is 9.97. The lowest BCUT2D eigenvalue weighted by Gasteiger charge is -2.08. The molecule has 2 aromatic rings. The van der Waals surface area contributed by atoms with Gasteiger partial charge in [-0.2, -0.15) is 0 Å². The molecular formula is C16H18. The molecule has 0 aliphatic rings. The van der Waals surface area contributed by atoms with Crippen LogP contribution in [0.25, 0.3) is 11.1 Å². The molecule has 0 aliphatic heterocycles. The fourth-order valence-corrected chi connectivity index (χ4v) is 2.04. The highest BCUT2D eigenvalue weighted by Gasteiger charge is 2.02. The van der Waals surface area contributed by atoms with Crippen LogP contribution in [0, 0.1) is 6.92 Å². The quantitative estimate of drug-likeness (QED) is 0.693. The standard InChI is InChI=1S/C16H18/c1-3-7-14-11-10-13(2)16(12-14)15-8-5-4-6-9-15/h4-6,8-12H,3,7H2,1-2H3. The Bertz CT molecular complexity index is 455. The van der Waals surface area contributed by atoms with Gasteiger partial charge in [0, 0.05) is 0 Å². The molecule has 0 saturated carbocycles. The van der Waals surface area contributed by atoms with Gasteiger partial charge in [-0.15, -0.1) is 0 Å². The summed E-state index contributed by atoms with van der Waals surface area (Å²) < 4.78 is 0. The minimum atomic E-state index is 1.17. The van der Waals surface area contributed by atoms with E-state index in [9.17, 15) is 0 Å². The molecule has 16 heavy (non-hydrogen) atoms. The van der Waals surface area contributed by atoms with Crippen molar-refractivity contribution >= 4 is 0 Å². The van der Waals surface area contributed by atoms with Gasteiger partial charge in [-0.25, -0.2) is 0 Å². The molecule has 0 atom stereocenters. The molecule has 0 saturated heterocycles. The van der Waals surface area contributed by atoms with Gasteiger partial charge >= 0.3 is 0 Å². The number of benzene rings is 2. The van der Waals surface area contributed by atoms with Gasteiger partial charge < -0.3 is 0 Å². The van der Waals surface area contributed by atoms with Crippen LogP contribution >= 0.6 is 0 Å². The van der Waals surface area contributed by atoms with E-state index >= 15 is 0 Å². The molecule has 0 heteroatoms. The van der Waals surface area contributed by atoms with Crippen molar-refractivity contribution in [1.29, 1.82) is 0 Å². The maximum Gasteiger partial charge on any atom is -0.0152 e. The second-order valence-corrected chi connectivity index (χ2v) is 4.27. The second-order valence-electron chi connectivity index (χ2n) is 4.27. The van der Waals surface area contributed by atoms with Gasteiger partial charge in [0.25, 0.3) is 0 Å². The largest absolute Gasteiger partial charge is 0.0651 e. The van der Waals surface area contributed by atoms with E-state index in [0.717, 1.165) is 0 Å². The Labute approximate surface area is 97.9 Å². The Kier molecular flexibility index (Phi) is 3.40. The van der Waals surface area contributed by atoms with E-state index in [0.29, 0.717) is 0 Å². The molecule has 82 valence electrons. The SMILES string of the molecule is CCCc1ccc(C)c(-c2ccccc2)c1. The third kappa shape index (κ3) is 2.33. The van der Waals surface area contributed by atoms with Gasteiger partial charge in [-0.1, -0.05) is 61.9 Å². The van der Waals surface area contributed by atoms with Gasteiger partial charge in [-0.05, 0) is 35.6 Å². The van der Waals surface area contributed by atoms with Gasteiger partial charge in [0.15, 0.2) is 0 Å². The highest BCUT2D eigenvalue weighted by molar-refractivity contribution is 5.67. The molecule has 0 unspecified atom stereocenters. The van der Waals surface area contributed by atoms with Crippen molar-refractivity contribution in [3.63, 3.8) is 0 Å². The van der Waals surface area contributed by atoms with Gasteiger partial charge in [-0.3, -0.25) is 0 Å². The molecule has 0 spiro atoms. The van der Waals surface area contributed by atoms with Crippen molar-refractivity contribution < 1.29 is 0 Å². The summed E-state index contributed by atoms with van der Waals surface area (Å²) >= 11 is 0. The first kappa shape index (κ1) is 10.9. The molecule has 0 heterocycles. The molecule has 2 aromatic carbocycles. The van der Waals surface area contributed by atoms with Gasteiger partial charge in [0.05, 0.1) is 0 Å². The maximum absolute atomic E-state index is 2.33.